The maximum atomic E-state index is 11.4. The summed E-state index contributed by atoms with van der Waals surface area (Å²) in [4.78, 5) is 24.2. The highest BCUT2D eigenvalue weighted by atomic mass is 16.4. The van der Waals surface area contributed by atoms with Crippen molar-refractivity contribution in [1.29, 1.82) is 0 Å². The number of carboxylic acid groups (broad SMARTS) is 1. The average molecular weight is 286 g/mol. The summed E-state index contributed by atoms with van der Waals surface area (Å²) in [6, 6.07) is 7.26. The van der Waals surface area contributed by atoms with Gasteiger partial charge in [0.1, 0.15) is 11.9 Å². The van der Waals surface area contributed by atoms with Crippen LogP contribution in [-0.4, -0.2) is 47.7 Å². The lowest BCUT2D eigenvalue weighted by atomic mass is 10.2. The van der Waals surface area contributed by atoms with Crippen LogP contribution < -0.4 is 9.80 Å². The fraction of sp³-hybridized carbons (Fsp3) is 0.400. The van der Waals surface area contributed by atoms with Crippen LogP contribution in [0.25, 0.3) is 10.9 Å². The van der Waals surface area contributed by atoms with E-state index in [0.29, 0.717) is 18.9 Å². The molecule has 2 heterocycles. The molecule has 2 aromatic rings. The standard InChI is InChI=1S/C15H18N4O2/c1-18(2)13-10-6-3-4-7-11(10)16-15(17-13)19-9-5-8-12(19)14(20)21/h3-4,6-7,12H,5,8-9H2,1-2H3,(H,20,21)/t12-/m0/s1. The Morgan fingerprint density at radius 3 is 2.81 bits per heavy atom. The van der Waals surface area contributed by atoms with Crippen LogP contribution in [0.3, 0.4) is 0 Å². The van der Waals surface area contributed by atoms with E-state index in [1.165, 1.54) is 0 Å². The van der Waals surface area contributed by atoms with Crippen molar-refractivity contribution in [1.82, 2.24) is 9.97 Å². The topological polar surface area (TPSA) is 69.6 Å². The maximum absolute atomic E-state index is 11.4. The van der Waals surface area contributed by atoms with Crippen molar-refractivity contribution in [2.45, 2.75) is 18.9 Å². The van der Waals surface area contributed by atoms with Crippen LogP contribution in [0, 0.1) is 0 Å². The normalized spacial score (nSPS) is 18.2. The summed E-state index contributed by atoms with van der Waals surface area (Å²) in [7, 11) is 3.86. The summed E-state index contributed by atoms with van der Waals surface area (Å²) >= 11 is 0. The van der Waals surface area contributed by atoms with E-state index in [0.717, 1.165) is 23.1 Å². The quantitative estimate of drug-likeness (QED) is 0.927. The first-order valence-electron chi connectivity index (χ1n) is 7.01. The molecule has 1 atom stereocenters. The van der Waals surface area contributed by atoms with Crippen LogP contribution in [0.5, 0.6) is 0 Å². The molecule has 1 saturated heterocycles. The second kappa shape index (κ2) is 5.20. The summed E-state index contributed by atoms with van der Waals surface area (Å²) in [5.41, 5.74) is 0.835. The molecule has 0 amide bonds. The van der Waals surface area contributed by atoms with Gasteiger partial charge in [-0.2, -0.15) is 4.98 Å². The molecule has 6 heteroatoms. The number of aliphatic carboxylic acids is 1. The number of carboxylic acids is 1. The summed E-state index contributed by atoms with van der Waals surface area (Å²) in [5, 5.41) is 10.3. The largest absolute Gasteiger partial charge is 0.480 e. The molecule has 3 rings (SSSR count). The molecule has 6 nitrogen and oxygen atoms in total. The van der Waals surface area contributed by atoms with Gasteiger partial charge in [0.2, 0.25) is 5.95 Å². The Hall–Kier alpha value is -2.37. The number of hydrogen-bond donors (Lipinski definition) is 1. The predicted molar refractivity (Wildman–Crippen MR) is 81.9 cm³/mol. The lowest BCUT2D eigenvalue weighted by Crippen LogP contribution is -2.37. The zero-order valence-electron chi connectivity index (χ0n) is 12.2. The Morgan fingerprint density at radius 1 is 1.33 bits per heavy atom. The third-order valence-corrected chi connectivity index (χ3v) is 3.79. The van der Waals surface area contributed by atoms with Gasteiger partial charge in [0.05, 0.1) is 5.52 Å². The number of rotatable bonds is 3. The van der Waals surface area contributed by atoms with E-state index in [1.807, 2.05) is 43.3 Å². The molecule has 0 spiro atoms. The van der Waals surface area contributed by atoms with E-state index in [-0.39, 0.29) is 0 Å². The molecular weight excluding hydrogens is 268 g/mol. The number of para-hydroxylation sites is 1. The van der Waals surface area contributed by atoms with Crippen molar-refractivity contribution < 1.29 is 9.90 Å². The number of fused-ring (bicyclic) bond motifs is 1. The van der Waals surface area contributed by atoms with Crippen molar-refractivity contribution in [2.24, 2.45) is 0 Å². The van der Waals surface area contributed by atoms with E-state index < -0.39 is 12.0 Å². The van der Waals surface area contributed by atoms with Crippen molar-refractivity contribution in [3.8, 4) is 0 Å². The molecule has 0 aliphatic carbocycles. The first kappa shape index (κ1) is 13.6. The summed E-state index contributed by atoms with van der Waals surface area (Å²) in [5.74, 6) is 0.504. The first-order chi connectivity index (χ1) is 10.1. The fourth-order valence-electron chi connectivity index (χ4n) is 2.78. The Kier molecular flexibility index (Phi) is 3.37. The molecule has 21 heavy (non-hydrogen) atoms. The second-order valence-electron chi connectivity index (χ2n) is 5.45. The third-order valence-electron chi connectivity index (χ3n) is 3.79. The molecule has 0 radical (unpaired) electrons. The minimum Gasteiger partial charge on any atom is -0.480 e. The summed E-state index contributed by atoms with van der Waals surface area (Å²) in [6.45, 7) is 0.683. The van der Waals surface area contributed by atoms with Gasteiger partial charge in [-0.05, 0) is 25.0 Å². The monoisotopic (exact) mass is 286 g/mol. The Labute approximate surface area is 123 Å². The van der Waals surface area contributed by atoms with Gasteiger partial charge in [0.25, 0.3) is 0 Å². The van der Waals surface area contributed by atoms with E-state index in [9.17, 15) is 9.90 Å². The number of anilines is 2. The van der Waals surface area contributed by atoms with Gasteiger partial charge >= 0.3 is 5.97 Å². The number of aromatic nitrogens is 2. The number of nitrogens with zero attached hydrogens (tertiary/aromatic N) is 4. The molecule has 0 saturated carbocycles. The zero-order valence-corrected chi connectivity index (χ0v) is 12.2. The van der Waals surface area contributed by atoms with Gasteiger partial charge in [-0.15, -0.1) is 0 Å². The minimum absolute atomic E-state index is 0.502. The fourth-order valence-corrected chi connectivity index (χ4v) is 2.78. The van der Waals surface area contributed by atoms with Crippen molar-refractivity contribution in [3.05, 3.63) is 24.3 Å². The van der Waals surface area contributed by atoms with E-state index >= 15 is 0 Å². The molecule has 0 bridgehead atoms. The van der Waals surface area contributed by atoms with Gasteiger partial charge < -0.3 is 14.9 Å². The van der Waals surface area contributed by atoms with Crippen molar-refractivity contribution in [2.75, 3.05) is 30.4 Å². The molecule has 1 aromatic heterocycles. The molecular formula is C15H18N4O2. The van der Waals surface area contributed by atoms with Crippen LogP contribution in [0.15, 0.2) is 24.3 Å². The highest BCUT2D eigenvalue weighted by Gasteiger charge is 2.32. The molecule has 1 N–H and O–H groups in total. The van der Waals surface area contributed by atoms with Gasteiger partial charge in [-0.1, -0.05) is 12.1 Å². The highest BCUT2D eigenvalue weighted by molar-refractivity contribution is 5.90. The molecule has 1 fully saturated rings. The molecule has 1 aliphatic rings. The predicted octanol–water partition coefficient (Wildman–Crippen LogP) is 1.75. The minimum atomic E-state index is -0.810. The lowest BCUT2D eigenvalue weighted by molar-refractivity contribution is -0.138. The summed E-state index contributed by atoms with van der Waals surface area (Å²) < 4.78 is 0. The van der Waals surface area contributed by atoms with Gasteiger partial charge in [0.15, 0.2) is 0 Å². The number of carbonyl (C=O) groups is 1. The van der Waals surface area contributed by atoms with Crippen LogP contribution in [0.1, 0.15) is 12.8 Å². The van der Waals surface area contributed by atoms with Crippen molar-refractivity contribution >= 4 is 28.6 Å². The van der Waals surface area contributed by atoms with E-state index in [4.69, 9.17) is 0 Å². The highest BCUT2D eigenvalue weighted by Crippen LogP contribution is 2.29. The number of benzene rings is 1. The van der Waals surface area contributed by atoms with E-state index in [2.05, 4.69) is 9.97 Å². The van der Waals surface area contributed by atoms with E-state index in [1.54, 1.807) is 4.90 Å². The summed E-state index contributed by atoms with van der Waals surface area (Å²) in [6.07, 6.45) is 1.49. The maximum Gasteiger partial charge on any atom is 0.326 e. The Bertz CT molecular complexity index is 686. The molecule has 0 unspecified atom stereocenters. The van der Waals surface area contributed by atoms with Crippen LogP contribution in [0.4, 0.5) is 11.8 Å². The second-order valence-corrected chi connectivity index (χ2v) is 5.45. The van der Waals surface area contributed by atoms with Crippen molar-refractivity contribution in [3.63, 3.8) is 0 Å². The van der Waals surface area contributed by atoms with Crippen LogP contribution in [-0.2, 0) is 4.79 Å². The molecule has 1 aliphatic heterocycles. The SMILES string of the molecule is CN(C)c1nc(N2CCC[C@H]2C(=O)O)nc2ccccc12. The number of hydrogen-bond acceptors (Lipinski definition) is 5. The third kappa shape index (κ3) is 2.37. The molecule has 1 aromatic carbocycles. The van der Waals surface area contributed by atoms with Gasteiger partial charge in [-0.3, -0.25) is 0 Å². The van der Waals surface area contributed by atoms with Gasteiger partial charge in [-0.25, -0.2) is 9.78 Å². The molecule has 110 valence electrons. The lowest BCUT2D eigenvalue weighted by Gasteiger charge is -2.23. The first-order valence-corrected chi connectivity index (χ1v) is 7.01. The zero-order chi connectivity index (χ0) is 15.0. The Balaban J connectivity index is 2.13. The average Bonchev–Trinajstić information content (AvgIpc) is 2.95. The van der Waals surface area contributed by atoms with Crippen LogP contribution >= 0.6 is 0 Å². The van der Waals surface area contributed by atoms with Crippen LogP contribution in [0.2, 0.25) is 0 Å². The van der Waals surface area contributed by atoms with Gasteiger partial charge in [0, 0.05) is 26.0 Å². The smallest absolute Gasteiger partial charge is 0.326 e. The Morgan fingerprint density at radius 2 is 2.10 bits per heavy atom.